The Morgan fingerprint density at radius 2 is 1.87 bits per heavy atom. The van der Waals surface area contributed by atoms with Crippen molar-refractivity contribution in [1.82, 2.24) is 20.2 Å². The Labute approximate surface area is 176 Å². The van der Waals surface area contributed by atoms with Crippen molar-refractivity contribution in [3.8, 4) is 5.69 Å². The molecule has 0 unspecified atom stereocenters. The predicted molar refractivity (Wildman–Crippen MR) is 109 cm³/mol. The van der Waals surface area contributed by atoms with Gasteiger partial charge >= 0.3 is 12.1 Å². The molecular formula is C21H23F3N4O3. The van der Waals surface area contributed by atoms with Gasteiger partial charge in [-0.3, -0.25) is 4.57 Å². The quantitative estimate of drug-likeness (QED) is 0.502. The molecule has 4 rings (SSSR count). The number of hydrogen-bond acceptors (Lipinski definition) is 5. The molecule has 2 heterocycles. The Hall–Kier alpha value is -2.95. The second-order valence-electron chi connectivity index (χ2n) is 7.12. The number of carboxylic acid groups (broad SMARTS) is 1. The summed E-state index contributed by atoms with van der Waals surface area (Å²) in [4.78, 5) is 13.3. The SMILES string of the molecule is O=C(O)C(F)(F)F.O[C@H]1CNCC[C@@H]1NCc1ccc(-n2cnc3ccccc32)cc1. The second-order valence-corrected chi connectivity index (χ2v) is 7.12. The Morgan fingerprint density at radius 1 is 1.19 bits per heavy atom. The summed E-state index contributed by atoms with van der Waals surface area (Å²) >= 11 is 0. The standard InChI is InChI=1S/C19H22N4O.C2HF3O2/c24-19-12-20-10-9-17(19)21-11-14-5-7-15(8-6-14)23-13-22-16-3-1-2-4-18(16)23;3-2(4,5)1(6)7/h1-8,13,17,19-21,24H,9-12H2;(H,6,7)/t17-,19-;/m0./s1. The van der Waals surface area contributed by atoms with E-state index >= 15 is 0 Å². The topological polar surface area (TPSA) is 99.4 Å². The number of carbonyl (C=O) groups is 1. The van der Waals surface area contributed by atoms with Crippen LogP contribution in [0.3, 0.4) is 0 Å². The van der Waals surface area contributed by atoms with E-state index in [2.05, 4.69) is 50.5 Å². The number of nitrogens with zero attached hydrogens (tertiary/aromatic N) is 2. The minimum Gasteiger partial charge on any atom is -0.475 e. The van der Waals surface area contributed by atoms with E-state index in [0.717, 1.165) is 36.2 Å². The number of rotatable bonds is 4. The fourth-order valence-electron chi connectivity index (χ4n) is 3.27. The molecule has 0 radical (unpaired) electrons. The third-order valence-electron chi connectivity index (χ3n) is 4.93. The van der Waals surface area contributed by atoms with Gasteiger partial charge in [-0.2, -0.15) is 13.2 Å². The van der Waals surface area contributed by atoms with Gasteiger partial charge in [-0.1, -0.05) is 24.3 Å². The van der Waals surface area contributed by atoms with Gasteiger partial charge in [0.25, 0.3) is 0 Å². The van der Waals surface area contributed by atoms with Crippen LogP contribution in [0.2, 0.25) is 0 Å². The largest absolute Gasteiger partial charge is 0.490 e. The second kappa shape index (κ2) is 9.90. The Balaban J connectivity index is 0.000000339. The molecule has 2 aromatic carbocycles. The Kier molecular flexibility index (Phi) is 7.26. The average molecular weight is 436 g/mol. The molecule has 31 heavy (non-hydrogen) atoms. The van der Waals surface area contributed by atoms with Crippen molar-refractivity contribution in [2.45, 2.75) is 31.3 Å². The lowest BCUT2D eigenvalue weighted by molar-refractivity contribution is -0.192. The average Bonchev–Trinajstić information content (AvgIpc) is 3.17. The number of aliphatic hydroxyl groups is 1. The van der Waals surface area contributed by atoms with Crippen LogP contribution in [0.1, 0.15) is 12.0 Å². The number of aliphatic carboxylic acids is 1. The van der Waals surface area contributed by atoms with Crippen LogP contribution in [0.25, 0.3) is 16.7 Å². The maximum Gasteiger partial charge on any atom is 0.490 e. The minimum absolute atomic E-state index is 0.170. The van der Waals surface area contributed by atoms with Crippen LogP contribution >= 0.6 is 0 Å². The fraction of sp³-hybridized carbons (Fsp3) is 0.333. The number of aromatic nitrogens is 2. The molecule has 166 valence electrons. The van der Waals surface area contributed by atoms with Gasteiger partial charge in [0, 0.05) is 24.8 Å². The van der Waals surface area contributed by atoms with Crippen LogP contribution in [-0.2, 0) is 11.3 Å². The lowest BCUT2D eigenvalue weighted by Crippen LogP contribution is -2.50. The number of benzene rings is 2. The van der Waals surface area contributed by atoms with Gasteiger partial charge in [0.05, 0.1) is 17.1 Å². The highest BCUT2D eigenvalue weighted by molar-refractivity contribution is 5.77. The molecule has 7 nitrogen and oxygen atoms in total. The minimum atomic E-state index is -5.08. The number of piperidine rings is 1. The molecule has 0 amide bonds. The summed E-state index contributed by atoms with van der Waals surface area (Å²) in [7, 11) is 0. The zero-order valence-corrected chi connectivity index (χ0v) is 16.5. The molecule has 4 N–H and O–H groups in total. The van der Waals surface area contributed by atoms with Crippen molar-refractivity contribution in [1.29, 1.82) is 0 Å². The molecule has 0 saturated carbocycles. The highest BCUT2D eigenvalue weighted by Crippen LogP contribution is 2.18. The molecule has 0 bridgehead atoms. The molecular weight excluding hydrogens is 413 g/mol. The summed E-state index contributed by atoms with van der Waals surface area (Å²) in [5.74, 6) is -2.76. The summed E-state index contributed by atoms with van der Waals surface area (Å²) in [6, 6.07) is 16.8. The molecule has 2 atom stereocenters. The van der Waals surface area contributed by atoms with E-state index in [1.807, 2.05) is 24.5 Å². The number of aliphatic hydroxyl groups excluding tert-OH is 1. The summed E-state index contributed by atoms with van der Waals surface area (Å²) in [6.45, 7) is 2.40. The fourth-order valence-corrected chi connectivity index (χ4v) is 3.27. The highest BCUT2D eigenvalue weighted by atomic mass is 19.4. The Bertz CT molecular complexity index is 1010. The zero-order valence-electron chi connectivity index (χ0n) is 16.5. The van der Waals surface area contributed by atoms with Crippen LogP contribution in [0, 0.1) is 0 Å². The van der Waals surface area contributed by atoms with Crippen molar-refractivity contribution < 1.29 is 28.2 Å². The first-order valence-corrected chi connectivity index (χ1v) is 9.69. The van der Waals surface area contributed by atoms with Crippen molar-refractivity contribution in [3.05, 3.63) is 60.4 Å². The van der Waals surface area contributed by atoms with E-state index in [-0.39, 0.29) is 12.1 Å². The lowest BCUT2D eigenvalue weighted by Gasteiger charge is -2.29. The van der Waals surface area contributed by atoms with Crippen LogP contribution < -0.4 is 10.6 Å². The summed E-state index contributed by atoms with van der Waals surface area (Å²) < 4.78 is 33.8. The Morgan fingerprint density at radius 3 is 2.52 bits per heavy atom. The molecule has 1 fully saturated rings. The van der Waals surface area contributed by atoms with Crippen LogP contribution in [0.5, 0.6) is 0 Å². The summed E-state index contributed by atoms with van der Waals surface area (Å²) in [5, 5.41) is 23.8. The molecule has 10 heteroatoms. The van der Waals surface area contributed by atoms with Gasteiger partial charge in [0.1, 0.15) is 6.33 Å². The molecule has 3 aromatic rings. The van der Waals surface area contributed by atoms with Crippen molar-refractivity contribution in [3.63, 3.8) is 0 Å². The van der Waals surface area contributed by atoms with Gasteiger partial charge in [0.15, 0.2) is 0 Å². The normalized spacial score (nSPS) is 19.0. The number of nitrogens with one attached hydrogen (secondary N) is 2. The van der Waals surface area contributed by atoms with Crippen molar-refractivity contribution in [2.24, 2.45) is 0 Å². The van der Waals surface area contributed by atoms with Crippen molar-refractivity contribution >= 4 is 17.0 Å². The van der Waals surface area contributed by atoms with E-state index in [0.29, 0.717) is 6.54 Å². The number of hydrogen-bond donors (Lipinski definition) is 4. The maximum absolute atomic E-state index is 10.6. The van der Waals surface area contributed by atoms with Gasteiger partial charge in [-0.15, -0.1) is 0 Å². The van der Waals surface area contributed by atoms with E-state index in [4.69, 9.17) is 9.90 Å². The van der Waals surface area contributed by atoms with E-state index in [9.17, 15) is 18.3 Å². The van der Waals surface area contributed by atoms with E-state index in [1.54, 1.807) is 0 Å². The number of imidazole rings is 1. The molecule has 0 aliphatic carbocycles. The van der Waals surface area contributed by atoms with Crippen LogP contribution in [0.15, 0.2) is 54.9 Å². The number of β-amino-alcohol motifs (C(OH)–C–C–N with tert-alkyl or cyclic N) is 1. The molecule has 0 spiro atoms. The molecule has 1 saturated heterocycles. The summed E-state index contributed by atoms with van der Waals surface area (Å²) in [6.07, 6.45) is -2.57. The first-order chi connectivity index (χ1) is 14.8. The number of halogens is 3. The van der Waals surface area contributed by atoms with Gasteiger partial charge in [0.2, 0.25) is 0 Å². The van der Waals surface area contributed by atoms with E-state index < -0.39 is 12.1 Å². The number of carboxylic acids is 1. The van der Waals surface area contributed by atoms with Crippen LogP contribution in [-0.4, -0.2) is 57.1 Å². The molecule has 1 aromatic heterocycles. The lowest BCUT2D eigenvalue weighted by atomic mass is 10.0. The maximum atomic E-state index is 10.6. The monoisotopic (exact) mass is 436 g/mol. The highest BCUT2D eigenvalue weighted by Gasteiger charge is 2.38. The van der Waals surface area contributed by atoms with E-state index in [1.165, 1.54) is 5.56 Å². The zero-order chi connectivity index (χ0) is 22.4. The number of para-hydroxylation sites is 2. The van der Waals surface area contributed by atoms with Crippen LogP contribution in [0.4, 0.5) is 13.2 Å². The van der Waals surface area contributed by atoms with Gasteiger partial charge < -0.3 is 20.8 Å². The van der Waals surface area contributed by atoms with Crippen molar-refractivity contribution in [2.75, 3.05) is 13.1 Å². The first-order valence-electron chi connectivity index (χ1n) is 9.69. The van der Waals surface area contributed by atoms with Gasteiger partial charge in [-0.05, 0) is 42.8 Å². The first kappa shape index (κ1) is 22.7. The predicted octanol–water partition coefficient (Wildman–Crippen LogP) is 2.47. The summed E-state index contributed by atoms with van der Waals surface area (Å²) in [5.41, 5.74) is 4.44. The third kappa shape index (κ3) is 6.03. The smallest absolute Gasteiger partial charge is 0.475 e. The van der Waals surface area contributed by atoms with Gasteiger partial charge in [-0.25, -0.2) is 9.78 Å². The molecule has 1 aliphatic rings. The number of alkyl halides is 3. The molecule has 1 aliphatic heterocycles. The number of fused-ring (bicyclic) bond motifs is 1. The third-order valence-corrected chi connectivity index (χ3v) is 4.93.